The van der Waals surface area contributed by atoms with Crippen LogP contribution in [0.1, 0.15) is 13.8 Å². The van der Waals surface area contributed by atoms with Crippen molar-refractivity contribution >= 4 is 5.91 Å². The summed E-state index contributed by atoms with van der Waals surface area (Å²) in [7, 11) is 0. The Morgan fingerprint density at radius 1 is 1.55 bits per heavy atom. The van der Waals surface area contributed by atoms with E-state index in [0.29, 0.717) is 19.8 Å². The van der Waals surface area contributed by atoms with Crippen LogP contribution in [0.5, 0.6) is 0 Å². The molecule has 0 aliphatic carbocycles. The van der Waals surface area contributed by atoms with E-state index in [0.717, 1.165) is 5.57 Å². The lowest BCUT2D eigenvalue weighted by atomic mass is 10.4. The quantitative estimate of drug-likeness (QED) is 0.471. The maximum absolute atomic E-state index is 10.4. The number of carbonyl (C=O) groups excluding carboxylic acids is 1. The summed E-state index contributed by atoms with van der Waals surface area (Å²) in [5.74, 6) is -0.0241. The lowest BCUT2D eigenvalue weighted by Gasteiger charge is -2.03. The number of hydrogen-bond acceptors (Lipinski definition) is 2. The third-order valence-electron chi connectivity index (χ3n) is 0.969. The lowest BCUT2D eigenvalue weighted by Crippen LogP contribution is -2.24. The van der Waals surface area contributed by atoms with Crippen molar-refractivity contribution in [2.24, 2.45) is 0 Å². The van der Waals surface area contributed by atoms with Gasteiger partial charge >= 0.3 is 0 Å². The number of carbonyl (C=O) groups is 1. The van der Waals surface area contributed by atoms with Crippen molar-refractivity contribution in [1.82, 2.24) is 5.32 Å². The molecule has 0 aliphatic heterocycles. The topological polar surface area (TPSA) is 38.3 Å². The van der Waals surface area contributed by atoms with Gasteiger partial charge in [-0.1, -0.05) is 12.2 Å². The smallest absolute Gasteiger partial charge is 0.216 e. The van der Waals surface area contributed by atoms with Gasteiger partial charge in [0.2, 0.25) is 5.91 Å². The van der Waals surface area contributed by atoms with E-state index in [4.69, 9.17) is 4.74 Å². The maximum Gasteiger partial charge on any atom is 0.216 e. The molecule has 0 saturated carbocycles. The van der Waals surface area contributed by atoms with Crippen molar-refractivity contribution in [3.63, 3.8) is 0 Å². The van der Waals surface area contributed by atoms with Crippen LogP contribution in [0.3, 0.4) is 0 Å². The number of ether oxygens (including phenoxy) is 1. The second kappa shape index (κ2) is 5.92. The Kier molecular flexibility index (Phi) is 5.47. The van der Waals surface area contributed by atoms with Crippen LogP contribution in [0, 0.1) is 0 Å². The summed E-state index contributed by atoms with van der Waals surface area (Å²) in [6.07, 6.45) is 0. The number of nitrogens with one attached hydrogen (secondary N) is 1. The molecule has 0 unspecified atom stereocenters. The van der Waals surface area contributed by atoms with Gasteiger partial charge in [0.25, 0.3) is 0 Å². The van der Waals surface area contributed by atoms with Gasteiger partial charge in [0.05, 0.1) is 13.2 Å². The number of amides is 1. The summed E-state index contributed by atoms with van der Waals surface area (Å²) in [5.41, 5.74) is 0.993. The van der Waals surface area contributed by atoms with E-state index in [1.54, 1.807) is 0 Å². The highest BCUT2D eigenvalue weighted by Gasteiger charge is 1.90. The molecule has 0 aromatic rings. The minimum absolute atomic E-state index is 0.0241. The fraction of sp³-hybridized carbons (Fsp3) is 0.625. The fourth-order valence-electron chi connectivity index (χ4n) is 0.546. The highest BCUT2D eigenvalue weighted by atomic mass is 16.5. The first-order valence-corrected chi connectivity index (χ1v) is 3.59. The maximum atomic E-state index is 10.4. The van der Waals surface area contributed by atoms with Crippen LogP contribution < -0.4 is 5.32 Å². The van der Waals surface area contributed by atoms with Crippen LogP contribution in [0.2, 0.25) is 0 Å². The van der Waals surface area contributed by atoms with E-state index >= 15 is 0 Å². The molecule has 0 saturated heterocycles. The van der Waals surface area contributed by atoms with Crippen molar-refractivity contribution in [1.29, 1.82) is 0 Å². The molecule has 0 heterocycles. The zero-order valence-electron chi connectivity index (χ0n) is 7.14. The Balaban J connectivity index is 3.03. The molecule has 64 valence electrons. The molecule has 0 radical (unpaired) electrons. The molecule has 0 fully saturated rings. The summed E-state index contributed by atoms with van der Waals surface area (Å²) in [4.78, 5) is 10.4. The highest BCUT2D eigenvalue weighted by Crippen LogP contribution is 1.86. The molecule has 0 atom stereocenters. The Morgan fingerprint density at radius 3 is 2.64 bits per heavy atom. The molecular formula is C8H15NO2. The normalized spacial score (nSPS) is 9.27. The fourth-order valence-corrected chi connectivity index (χ4v) is 0.546. The molecule has 0 rings (SSSR count). The molecule has 3 heteroatoms. The van der Waals surface area contributed by atoms with Crippen molar-refractivity contribution in [2.45, 2.75) is 13.8 Å². The summed E-state index contributed by atoms with van der Waals surface area (Å²) in [6, 6.07) is 0. The zero-order chi connectivity index (χ0) is 8.69. The summed E-state index contributed by atoms with van der Waals surface area (Å²) in [6.45, 7) is 8.75. The molecule has 1 amide bonds. The molecule has 0 bridgehead atoms. The zero-order valence-corrected chi connectivity index (χ0v) is 7.14. The number of hydrogen-bond donors (Lipinski definition) is 1. The van der Waals surface area contributed by atoms with Crippen LogP contribution in [0.25, 0.3) is 0 Å². The first-order valence-electron chi connectivity index (χ1n) is 3.59. The Bertz CT molecular complexity index is 127. The second-order valence-electron chi connectivity index (χ2n) is 2.49. The van der Waals surface area contributed by atoms with Gasteiger partial charge in [-0.25, -0.2) is 0 Å². The molecule has 3 nitrogen and oxygen atoms in total. The van der Waals surface area contributed by atoms with E-state index in [1.807, 2.05) is 6.92 Å². The van der Waals surface area contributed by atoms with E-state index in [1.165, 1.54) is 6.92 Å². The van der Waals surface area contributed by atoms with Gasteiger partial charge in [0.1, 0.15) is 0 Å². The molecule has 0 spiro atoms. The van der Waals surface area contributed by atoms with Crippen molar-refractivity contribution < 1.29 is 9.53 Å². The van der Waals surface area contributed by atoms with Gasteiger partial charge in [-0.2, -0.15) is 0 Å². The summed E-state index contributed by atoms with van der Waals surface area (Å²) in [5, 5.41) is 2.63. The Labute approximate surface area is 67.4 Å². The van der Waals surface area contributed by atoms with E-state index in [-0.39, 0.29) is 5.91 Å². The third kappa shape index (κ3) is 9.17. The van der Waals surface area contributed by atoms with Crippen LogP contribution in [-0.4, -0.2) is 25.7 Å². The SMILES string of the molecule is C=C(C)COCCNC(C)=O. The monoisotopic (exact) mass is 157 g/mol. The summed E-state index contributed by atoms with van der Waals surface area (Å²) < 4.78 is 5.13. The van der Waals surface area contributed by atoms with Crippen molar-refractivity contribution in [3.05, 3.63) is 12.2 Å². The Morgan fingerprint density at radius 2 is 2.18 bits per heavy atom. The minimum atomic E-state index is -0.0241. The van der Waals surface area contributed by atoms with Crippen LogP contribution in [-0.2, 0) is 9.53 Å². The number of rotatable bonds is 5. The van der Waals surface area contributed by atoms with Crippen LogP contribution in [0.4, 0.5) is 0 Å². The highest BCUT2D eigenvalue weighted by molar-refractivity contribution is 5.72. The predicted molar refractivity (Wildman–Crippen MR) is 44.3 cm³/mol. The van der Waals surface area contributed by atoms with Gasteiger partial charge in [-0.3, -0.25) is 4.79 Å². The average Bonchev–Trinajstić information content (AvgIpc) is 1.85. The van der Waals surface area contributed by atoms with E-state index in [2.05, 4.69) is 11.9 Å². The molecule has 0 aliphatic rings. The first-order chi connectivity index (χ1) is 5.13. The van der Waals surface area contributed by atoms with Crippen LogP contribution in [0.15, 0.2) is 12.2 Å². The second-order valence-corrected chi connectivity index (χ2v) is 2.49. The molecule has 0 aromatic carbocycles. The summed E-state index contributed by atoms with van der Waals surface area (Å²) >= 11 is 0. The van der Waals surface area contributed by atoms with Gasteiger partial charge in [-0.15, -0.1) is 0 Å². The van der Waals surface area contributed by atoms with E-state index < -0.39 is 0 Å². The van der Waals surface area contributed by atoms with Gasteiger partial charge in [0.15, 0.2) is 0 Å². The standard InChI is InChI=1S/C8H15NO2/c1-7(2)6-11-5-4-9-8(3)10/h1,4-6H2,2-3H3,(H,9,10). The third-order valence-corrected chi connectivity index (χ3v) is 0.969. The molecule has 11 heavy (non-hydrogen) atoms. The Hall–Kier alpha value is -0.830. The predicted octanol–water partition coefficient (Wildman–Crippen LogP) is 0.715. The van der Waals surface area contributed by atoms with Gasteiger partial charge in [-0.05, 0) is 6.92 Å². The minimum Gasteiger partial charge on any atom is -0.375 e. The van der Waals surface area contributed by atoms with Gasteiger partial charge < -0.3 is 10.1 Å². The first kappa shape index (κ1) is 10.2. The van der Waals surface area contributed by atoms with Gasteiger partial charge in [0, 0.05) is 13.5 Å². The molecule has 1 N–H and O–H groups in total. The van der Waals surface area contributed by atoms with Crippen LogP contribution >= 0.6 is 0 Å². The molecule has 0 aromatic heterocycles. The van der Waals surface area contributed by atoms with E-state index in [9.17, 15) is 4.79 Å². The van der Waals surface area contributed by atoms with Crippen molar-refractivity contribution in [2.75, 3.05) is 19.8 Å². The molecular weight excluding hydrogens is 142 g/mol. The largest absolute Gasteiger partial charge is 0.375 e. The lowest BCUT2D eigenvalue weighted by molar-refractivity contribution is -0.119. The average molecular weight is 157 g/mol. The van der Waals surface area contributed by atoms with Crippen molar-refractivity contribution in [3.8, 4) is 0 Å².